The van der Waals surface area contributed by atoms with Crippen LogP contribution in [0.25, 0.3) is 0 Å². The Bertz CT molecular complexity index is 863. The number of carbonyl (C=O) groups is 1. The van der Waals surface area contributed by atoms with E-state index in [9.17, 15) is 4.79 Å². The smallest absolute Gasteiger partial charge is 0.178 e. The third kappa shape index (κ3) is 6.02. The first-order chi connectivity index (χ1) is 14.6. The van der Waals surface area contributed by atoms with Crippen LogP contribution in [0.15, 0.2) is 36.4 Å². The highest BCUT2D eigenvalue weighted by Crippen LogP contribution is 2.18. The zero-order valence-electron chi connectivity index (χ0n) is 18.1. The van der Waals surface area contributed by atoms with Gasteiger partial charge in [-0.2, -0.15) is 5.26 Å². The Morgan fingerprint density at radius 2 is 1.90 bits per heavy atom. The van der Waals surface area contributed by atoms with Crippen LogP contribution in [0, 0.1) is 25.2 Å². The second kappa shape index (κ2) is 11.1. The van der Waals surface area contributed by atoms with Crippen molar-refractivity contribution in [3.63, 3.8) is 0 Å². The van der Waals surface area contributed by atoms with Gasteiger partial charge in [-0.05, 0) is 25.5 Å². The van der Waals surface area contributed by atoms with Gasteiger partial charge in [-0.25, -0.2) is 0 Å². The maximum atomic E-state index is 13.1. The highest BCUT2D eigenvalue weighted by atomic mass is 16.5. The van der Waals surface area contributed by atoms with E-state index in [0.29, 0.717) is 19.5 Å². The minimum atomic E-state index is 0.127. The summed E-state index contributed by atoms with van der Waals surface area (Å²) in [7, 11) is 0. The zero-order valence-corrected chi connectivity index (χ0v) is 18.1. The number of nitriles is 1. The van der Waals surface area contributed by atoms with Gasteiger partial charge in [0.15, 0.2) is 5.78 Å². The van der Waals surface area contributed by atoms with E-state index in [4.69, 9.17) is 10.00 Å². The molecular formula is C24H32N4O2. The van der Waals surface area contributed by atoms with Crippen molar-refractivity contribution in [3.05, 3.63) is 58.9 Å². The van der Waals surface area contributed by atoms with Crippen molar-refractivity contribution in [2.75, 3.05) is 52.5 Å². The van der Waals surface area contributed by atoms with Crippen molar-refractivity contribution in [1.82, 2.24) is 14.4 Å². The minimum Gasteiger partial charge on any atom is -0.379 e. The lowest BCUT2D eigenvalue weighted by Crippen LogP contribution is -2.42. The molecule has 1 aliphatic rings. The summed E-state index contributed by atoms with van der Waals surface area (Å²) in [5.74, 6) is 0.127. The average molecular weight is 409 g/mol. The molecule has 160 valence electrons. The van der Waals surface area contributed by atoms with Crippen molar-refractivity contribution < 1.29 is 9.53 Å². The quantitative estimate of drug-likeness (QED) is 0.566. The van der Waals surface area contributed by atoms with Gasteiger partial charge in [0, 0.05) is 62.6 Å². The van der Waals surface area contributed by atoms with Crippen molar-refractivity contribution in [3.8, 4) is 6.07 Å². The number of ketones is 1. The molecule has 1 aliphatic heterocycles. The Morgan fingerprint density at radius 1 is 1.17 bits per heavy atom. The van der Waals surface area contributed by atoms with Crippen LogP contribution in [0.5, 0.6) is 0 Å². The molecule has 0 atom stereocenters. The Balaban J connectivity index is 1.65. The number of carbonyl (C=O) groups excluding carboxylic acids is 1. The Kier molecular flexibility index (Phi) is 8.21. The molecule has 2 heterocycles. The standard InChI is InChI=1S/C24H32N4O2/c1-20-17-23(21(2)28(20)18-22-7-4-3-5-8-22)24(29)19-27(10-6-9-25)12-11-26-13-15-30-16-14-26/h3-5,7-8,17H,6,10-16,18-19H2,1-2H3. The molecule has 6 heteroatoms. The molecule has 3 rings (SSSR count). The first-order valence-electron chi connectivity index (χ1n) is 10.7. The van der Waals surface area contributed by atoms with Gasteiger partial charge in [-0.3, -0.25) is 14.6 Å². The number of aromatic nitrogens is 1. The van der Waals surface area contributed by atoms with Gasteiger partial charge in [0.05, 0.1) is 25.8 Å². The Morgan fingerprint density at radius 3 is 2.60 bits per heavy atom. The molecule has 1 aromatic carbocycles. The lowest BCUT2D eigenvalue weighted by molar-refractivity contribution is 0.0333. The third-order valence-electron chi connectivity index (χ3n) is 5.80. The highest BCUT2D eigenvalue weighted by molar-refractivity contribution is 5.99. The number of rotatable bonds is 10. The van der Waals surface area contributed by atoms with Crippen molar-refractivity contribution in [1.29, 1.82) is 5.26 Å². The molecule has 0 aliphatic carbocycles. The summed E-state index contributed by atoms with van der Waals surface area (Å²) < 4.78 is 7.61. The van der Waals surface area contributed by atoms with Crippen LogP contribution in [-0.4, -0.2) is 72.6 Å². The van der Waals surface area contributed by atoms with Gasteiger partial charge in [0.25, 0.3) is 0 Å². The van der Waals surface area contributed by atoms with Gasteiger partial charge in [0.2, 0.25) is 0 Å². The van der Waals surface area contributed by atoms with E-state index in [0.717, 1.165) is 62.9 Å². The van der Waals surface area contributed by atoms with Crippen molar-refractivity contribution >= 4 is 5.78 Å². The largest absolute Gasteiger partial charge is 0.379 e. The van der Waals surface area contributed by atoms with Gasteiger partial charge in [-0.15, -0.1) is 0 Å². The number of morpholine rings is 1. The lowest BCUT2D eigenvalue weighted by atomic mass is 10.1. The Hall–Kier alpha value is -2.46. The molecule has 0 saturated carbocycles. The van der Waals surface area contributed by atoms with Gasteiger partial charge in [0.1, 0.15) is 0 Å². The average Bonchev–Trinajstić information content (AvgIpc) is 3.05. The van der Waals surface area contributed by atoms with Crippen LogP contribution in [0.1, 0.15) is 33.7 Å². The zero-order chi connectivity index (χ0) is 21.3. The second-order valence-electron chi connectivity index (χ2n) is 7.92. The number of hydrogen-bond donors (Lipinski definition) is 0. The predicted molar refractivity (Wildman–Crippen MR) is 118 cm³/mol. The first-order valence-corrected chi connectivity index (χ1v) is 10.7. The summed E-state index contributed by atoms with van der Waals surface area (Å²) in [4.78, 5) is 17.6. The molecule has 0 unspecified atom stereocenters. The topological polar surface area (TPSA) is 61.5 Å². The molecule has 1 aromatic heterocycles. The molecule has 0 bridgehead atoms. The molecule has 0 spiro atoms. The number of nitrogens with zero attached hydrogens (tertiary/aromatic N) is 4. The van der Waals surface area contributed by atoms with Crippen molar-refractivity contribution in [2.24, 2.45) is 0 Å². The monoisotopic (exact) mass is 408 g/mol. The predicted octanol–water partition coefficient (Wildman–Crippen LogP) is 2.88. The van der Waals surface area contributed by atoms with Crippen LogP contribution >= 0.6 is 0 Å². The fourth-order valence-electron chi connectivity index (χ4n) is 3.97. The number of Topliss-reactive ketones (excluding diaryl/α,β-unsaturated/α-hetero) is 1. The molecule has 30 heavy (non-hydrogen) atoms. The minimum absolute atomic E-state index is 0.127. The molecule has 2 aromatic rings. The summed E-state index contributed by atoms with van der Waals surface area (Å²) in [6.07, 6.45) is 0.434. The van der Waals surface area contributed by atoms with E-state index in [1.807, 2.05) is 31.2 Å². The third-order valence-corrected chi connectivity index (χ3v) is 5.80. The molecule has 0 N–H and O–H groups in total. The maximum Gasteiger partial charge on any atom is 0.178 e. The fourth-order valence-corrected chi connectivity index (χ4v) is 3.97. The number of aryl methyl sites for hydroxylation is 1. The molecule has 0 amide bonds. The summed E-state index contributed by atoms with van der Waals surface area (Å²) >= 11 is 0. The van der Waals surface area contributed by atoms with E-state index in [-0.39, 0.29) is 5.78 Å². The highest BCUT2D eigenvalue weighted by Gasteiger charge is 2.20. The SMILES string of the molecule is Cc1cc(C(=O)CN(CCC#N)CCN2CCOCC2)c(C)n1Cc1ccccc1. The molecule has 1 fully saturated rings. The summed E-state index contributed by atoms with van der Waals surface area (Å²) in [5.41, 5.74) is 4.11. The molecule has 6 nitrogen and oxygen atoms in total. The number of benzene rings is 1. The second-order valence-corrected chi connectivity index (χ2v) is 7.92. The van der Waals surface area contributed by atoms with Crippen LogP contribution in [0.2, 0.25) is 0 Å². The Labute approximate surface area is 179 Å². The van der Waals surface area contributed by atoms with Crippen LogP contribution < -0.4 is 0 Å². The maximum absolute atomic E-state index is 13.1. The number of hydrogen-bond acceptors (Lipinski definition) is 5. The van der Waals surface area contributed by atoms with Crippen molar-refractivity contribution in [2.45, 2.75) is 26.8 Å². The summed E-state index contributed by atoms with van der Waals surface area (Å²) in [5, 5.41) is 9.02. The van der Waals surface area contributed by atoms with Crippen LogP contribution in [0.4, 0.5) is 0 Å². The van der Waals surface area contributed by atoms with E-state index >= 15 is 0 Å². The molecular weight excluding hydrogens is 376 g/mol. The first kappa shape index (κ1) is 22.2. The van der Waals surface area contributed by atoms with E-state index in [1.54, 1.807) is 0 Å². The van der Waals surface area contributed by atoms with E-state index in [1.165, 1.54) is 5.56 Å². The number of ether oxygens (including phenoxy) is 1. The molecule has 0 radical (unpaired) electrons. The van der Waals surface area contributed by atoms with Crippen LogP contribution in [0.3, 0.4) is 0 Å². The van der Waals surface area contributed by atoms with Crippen LogP contribution in [-0.2, 0) is 11.3 Å². The fraction of sp³-hybridized carbons (Fsp3) is 0.500. The van der Waals surface area contributed by atoms with E-state index in [2.05, 4.69) is 39.5 Å². The van der Waals surface area contributed by atoms with Gasteiger partial charge < -0.3 is 9.30 Å². The normalized spacial score (nSPS) is 14.7. The summed E-state index contributed by atoms with van der Waals surface area (Å²) in [6.45, 7) is 10.9. The van der Waals surface area contributed by atoms with Gasteiger partial charge in [-0.1, -0.05) is 30.3 Å². The summed E-state index contributed by atoms with van der Waals surface area (Å²) in [6, 6.07) is 14.5. The van der Waals surface area contributed by atoms with Gasteiger partial charge >= 0.3 is 0 Å². The van der Waals surface area contributed by atoms with E-state index < -0.39 is 0 Å². The molecule has 1 saturated heterocycles. The lowest BCUT2D eigenvalue weighted by Gasteiger charge is -2.29.